The molecule has 2 fully saturated rings. The van der Waals surface area contributed by atoms with E-state index in [1.165, 1.54) is 24.8 Å². The molecule has 2 atom stereocenters. The minimum absolute atomic E-state index is 0.331. The van der Waals surface area contributed by atoms with Gasteiger partial charge in [-0.15, -0.1) is 0 Å². The number of hydrogen-bond acceptors (Lipinski definition) is 5. The van der Waals surface area contributed by atoms with Crippen LogP contribution in [-0.4, -0.2) is 50.7 Å². The van der Waals surface area contributed by atoms with Crippen molar-refractivity contribution in [3.8, 4) is 11.5 Å². The van der Waals surface area contributed by atoms with Crippen LogP contribution in [0.3, 0.4) is 0 Å². The summed E-state index contributed by atoms with van der Waals surface area (Å²) >= 11 is 0. The summed E-state index contributed by atoms with van der Waals surface area (Å²) in [6.07, 6.45) is 3.92. The van der Waals surface area contributed by atoms with Crippen LogP contribution in [-0.2, 0) is 16.0 Å². The zero-order chi connectivity index (χ0) is 15.5. The van der Waals surface area contributed by atoms with Gasteiger partial charge in [0, 0.05) is 32.8 Å². The normalized spacial score (nSPS) is 26.3. The fourth-order valence-corrected chi connectivity index (χ4v) is 3.67. The fraction of sp³-hybridized carbons (Fsp3) is 0.667. The molecule has 0 N–H and O–H groups in total. The maximum atomic E-state index is 5.84. The Morgan fingerprint density at radius 3 is 2.83 bits per heavy atom. The van der Waals surface area contributed by atoms with Gasteiger partial charge in [0.25, 0.3) is 0 Å². The lowest BCUT2D eigenvalue weighted by atomic mass is 10.1. The zero-order valence-electron chi connectivity index (χ0n) is 13.5. The van der Waals surface area contributed by atoms with E-state index in [2.05, 4.69) is 17.0 Å². The molecule has 5 heteroatoms. The summed E-state index contributed by atoms with van der Waals surface area (Å²) < 4.78 is 22.3. The lowest BCUT2D eigenvalue weighted by molar-refractivity contribution is 0.0631. The summed E-state index contributed by atoms with van der Waals surface area (Å²) in [6, 6.07) is 6.26. The van der Waals surface area contributed by atoms with E-state index in [-0.39, 0.29) is 0 Å². The van der Waals surface area contributed by atoms with Gasteiger partial charge in [-0.05, 0) is 42.9 Å². The third kappa shape index (κ3) is 3.79. The largest absolute Gasteiger partial charge is 0.454 e. The van der Waals surface area contributed by atoms with Crippen molar-refractivity contribution >= 4 is 0 Å². The summed E-state index contributed by atoms with van der Waals surface area (Å²) in [7, 11) is 0. The molecule has 4 rings (SSSR count). The molecule has 0 aliphatic carbocycles. The Kier molecular flexibility index (Phi) is 4.69. The summed E-state index contributed by atoms with van der Waals surface area (Å²) in [5.41, 5.74) is 1.27. The van der Waals surface area contributed by atoms with Crippen molar-refractivity contribution in [3.05, 3.63) is 23.8 Å². The van der Waals surface area contributed by atoms with E-state index in [1.807, 2.05) is 6.07 Å². The summed E-state index contributed by atoms with van der Waals surface area (Å²) in [4.78, 5) is 2.52. The third-order valence-corrected chi connectivity index (χ3v) is 4.87. The number of benzene rings is 1. The molecule has 23 heavy (non-hydrogen) atoms. The fourth-order valence-electron chi connectivity index (χ4n) is 3.67. The maximum Gasteiger partial charge on any atom is 0.231 e. The Morgan fingerprint density at radius 2 is 2.00 bits per heavy atom. The summed E-state index contributed by atoms with van der Waals surface area (Å²) in [6.45, 7) is 6.05. The highest BCUT2D eigenvalue weighted by Crippen LogP contribution is 2.33. The van der Waals surface area contributed by atoms with E-state index < -0.39 is 0 Å². The molecule has 2 saturated heterocycles. The maximum absolute atomic E-state index is 5.84. The van der Waals surface area contributed by atoms with E-state index >= 15 is 0 Å². The quantitative estimate of drug-likeness (QED) is 0.805. The van der Waals surface area contributed by atoms with Crippen molar-refractivity contribution in [1.29, 1.82) is 0 Å². The molecule has 1 aromatic carbocycles. The lowest BCUT2D eigenvalue weighted by Crippen LogP contribution is -2.35. The molecular formula is C18H25NO4. The van der Waals surface area contributed by atoms with E-state index in [0.717, 1.165) is 51.0 Å². The van der Waals surface area contributed by atoms with Crippen molar-refractivity contribution in [2.45, 2.75) is 31.9 Å². The highest BCUT2D eigenvalue weighted by atomic mass is 16.7. The van der Waals surface area contributed by atoms with E-state index in [4.69, 9.17) is 18.9 Å². The molecule has 0 radical (unpaired) electrons. The van der Waals surface area contributed by atoms with Crippen LogP contribution in [0.2, 0.25) is 0 Å². The molecule has 0 amide bonds. The Hall–Kier alpha value is -1.30. The van der Waals surface area contributed by atoms with E-state index in [0.29, 0.717) is 18.8 Å². The minimum Gasteiger partial charge on any atom is -0.454 e. The van der Waals surface area contributed by atoms with Gasteiger partial charge in [0.2, 0.25) is 6.79 Å². The molecule has 0 saturated carbocycles. The molecule has 0 bridgehead atoms. The van der Waals surface area contributed by atoms with Crippen LogP contribution in [0.15, 0.2) is 18.2 Å². The van der Waals surface area contributed by atoms with Gasteiger partial charge in [-0.2, -0.15) is 0 Å². The van der Waals surface area contributed by atoms with Crippen molar-refractivity contribution in [3.63, 3.8) is 0 Å². The number of ether oxygens (including phenoxy) is 4. The van der Waals surface area contributed by atoms with Gasteiger partial charge in [0.1, 0.15) is 0 Å². The zero-order valence-corrected chi connectivity index (χ0v) is 13.5. The van der Waals surface area contributed by atoms with Crippen LogP contribution in [0.5, 0.6) is 11.5 Å². The Morgan fingerprint density at radius 1 is 1.04 bits per heavy atom. The highest BCUT2D eigenvalue weighted by Gasteiger charge is 2.24. The Bertz CT molecular complexity index is 506. The molecule has 0 aromatic heterocycles. The van der Waals surface area contributed by atoms with Crippen LogP contribution in [0, 0.1) is 5.92 Å². The second kappa shape index (κ2) is 7.07. The first-order valence-corrected chi connectivity index (χ1v) is 8.67. The van der Waals surface area contributed by atoms with Crippen molar-refractivity contribution < 1.29 is 18.9 Å². The molecule has 3 aliphatic heterocycles. The average Bonchev–Trinajstić information content (AvgIpc) is 3.29. The van der Waals surface area contributed by atoms with Gasteiger partial charge >= 0.3 is 0 Å². The van der Waals surface area contributed by atoms with Crippen molar-refractivity contribution in [2.75, 3.05) is 39.7 Å². The predicted octanol–water partition coefficient (Wildman–Crippen LogP) is 2.43. The Labute approximate surface area is 137 Å². The number of fused-ring (bicyclic) bond motifs is 1. The monoisotopic (exact) mass is 319 g/mol. The molecule has 3 aliphatic rings. The van der Waals surface area contributed by atoms with Gasteiger partial charge in [-0.25, -0.2) is 0 Å². The summed E-state index contributed by atoms with van der Waals surface area (Å²) in [5, 5.41) is 0. The second-order valence-corrected chi connectivity index (χ2v) is 6.75. The first-order chi connectivity index (χ1) is 11.4. The van der Waals surface area contributed by atoms with Gasteiger partial charge in [-0.3, -0.25) is 4.90 Å². The lowest BCUT2D eigenvalue weighted by Gasteiger charge is -2.27. The number of rotatable bonds is 6. The predicted molar refractivity (Wildman–Crippen MR) is 85.7 cm³/mol. The average molecular weight is 319 g/mol. The van der Waals surface area contributed by atoms with Gasteiger partial charge < -0.3 is 18.9 Å². The molecule has 2 unspecified atom stereocenters. The van der Waals surface area contributed by atoms with E-state index in [9.17, 15) is 0 Å². The van der Waals surface area contributed by atoms with Crippen LogP contribution >= 0.6 is 0 Å². The molecule has 1 aromatic rings. The standard InChI is InChI=1S/C18H25NO4/c1-2-16(21-6-1)11-19(10-15-5-7-20-12-15)9-14-3-4-17-18(8-14)23-13-22-17/h3-4,8,15-16H,1-2,5-7,9-13H2. The van der Waals surface area contributed by atoms with E-state index in [1.54, 1.807) is 0 Å². The first-order valence-electron chi connectivity index (χ1n) is 8.67. The molecule has 0 spiro atoms. The molecule has 126 valence electrons. The van der Waals surface area contributed by atoms with Gasteiger partial charge in [0.05, 0.1) is 12.7 Å². The van der Waals surface area contributed by atoms with Crippen LogP contribution in [0.4, 0.5) is 0 Å². The van der Waals surface area contributed by atoms with Crippen molar-refractivity contribution in [1.82, 2.24) is 4.90 Å². The van der Waals surface area contributed by atoms with Crippen LogP contribution in [0.1, 0.15) is 24.8 Å². The Balaban J connectivity index is 1.42. The second-order valence-electron chi connectivity index (χ2n) is 6.75. The molecule has 5 nitrogen and oxygen atoms in total. The topological polar surface area (TPSA) is 40.2 Å². The van der Waals surface area contributed by atoms with Crippen LogP contribution < -0.4 is 9.47 Å². The molecular weight excluding hydrogens is 294 g/mol. The van der Waals surface area contributed by atoms with Crippen molar-refractivity contribution in [2.24, 2.45) is 5.92 Å². The SMILES string of the molecule is c1cc2c(cc1CN(CC1CCOC1)CC1CCCO1)OCO2. The number of hydrogen-bond donors (Lipinski definition) is 0. The first kappa shape index (κ1) is 15.2. The van der Waals surface area contributed by atoms with Gasteiger partial charge in [-0.1, -0.05) is 6.07 Å². The van der Waals surface area contributed by atoms with Crippen LogP contribution in [0.25, 0.3) is 0 Å². The third-order valence-electron chi connectivity index (χ3n) is 4.87. The van der Waals surface area contributed by atoms with Gasteiger partial charge in [0.15, 0.2) is 11.5 Å². The smallest absolute Gasteiger partial charge is 0.231 e. The highest BCUT2D eigenvalue weighted by molar-refractivity contribution is 5.44. The minimum atomic E-state index is 0.331. The number of nitrogens with zero attached hydrogens (tertiary/aromatic N) is 1. The summed E-state index contributed by atoms with van der Waals surface area (Å²) in [5.74, 6) is 2.36. The molecule has 3 heterocycles.